The van der Waals surface area contributed by atoms with Crippen molar-refractivity contribution in [2.24, 2.45) is 5.92 Å². The maximum atomic E-state index is 12.2. The van der Waals surface area contributed by atoms with Gasteiger partial charge in [-0.3, -0.25) is 29.6 Å². The summed E-state index contributed by atoms with van der Waals surface area (Å²) in [6.45, 7) is 1.56. The van der Waals surface area contributed by atoms with Gasteiger partial charge in [-0.05, 0) is 30.5 Å². The van der Waals surface area contributed by atoms with Gasteiger partial charge in [-0.25, -0.2) is 0 Å². The number of benzene rings is 1. The molecule has 1 aliphatic heterocycles. The summed E-state index contributed by atoms with van der Waals surface area (Å²) >= 11 is 1.27. The average molecular weight is 386 g/mol. The standard InChI is InChI=1S/C19H18N2O5S/c1-12-4-6-13(7-5-12)18(24)20-21-10-14(9-17(21)23)19(25)26-11-15(22)16-3-2-8-27-16/h2-8,14H,9-11H2,1H3,(H,20,24)/t14-/m0/s1. The zero-order chi connectivity index (χ0) is 19.4. The van der Waals surface area contributed by atoms with E-state index in [9.17, 15) is 19.2 Å². The largest absolute Gasteiger partial charge is 0.457 e. The number of ketones is 1. The van der Waals surface area contributed by atoms with Crippen LogP contribution in [0.15, 0.2) is 41.8 Å². The molecule has 8 heteroatoms. The number of aryl methyl sites for hydroxylation is 1. The summed E-state index contributed by atoms with van der Waals surface area (Å²) in [6.07, 6.45) is -0.0692. The van der Waals surface area contributed by atoms with E-state index in [0.29, 0.717) is 10.4 Å². The molecular formula is C19H18N2O5S. The van der Waals surface area contributed by atoms with E-state index in [1.165, 1.54) is 11.3 Å². The number of carbonyl (C=O) groups is 4. The molecule has 1 N–H and O–H groups in total. The molecule has 1 aromatic carbocycles. The number of hydrazine groups is 1. The molecule has 2 heterocycles. The topological polar surface area (TPSA) is 92.8 Å². The Labute approximate surface area is 159 Å². The van der Waals surface area contributed by atoms with Crippen LogP contribution in [0.4, 0.5) is 0 Å². The maximum Gasteiger partial charge on any atom is 0.311 e. The van der Waals surface area contributed by atoms with E-state index in [0.717, 1.165) is 10.6 Å². The number of nitrogens with zero attached hydrogens (tertiary/aromatic N) is 1. The third-order valence-corrected chi connectivity index (χ3v) is 5.06. The monoisotopic (exact) mass is 386 g/mol. The smallest absolute Gasteiger partial charge is 0.311 e. The van der Waals surface area contributed by atoms with Crippen LogP contribution in [0.5, 0.6) is 0 Å². The van der Waals surface area contributed by atoms with Gasteiger partial charge < -0.3 is 4.74 Å². The van der Waals surface area contributed by atoms with Gasteiger partial charge in [0, 0.05) is 12.0 Å². The Bertz CT molecular complexity index is 861. The number of amides is 2. The molecule has 1 fully saturated rings. The molecule has 2 amide bonds. The number of nitrogens with one attached hydrogen (secondary N) is 1. The molecule has 140 valence electrons. The molecular weight excluding hydrogens is 368 g/mol. The number of rotatable bonds is 6. The van der Waals surface area contributed by atoms with Crippen molar-refractivity contribution in [2.75, 3.05) is 13.2 Å². The van der Waals surface area contributed by atoms with Crippen LogP contribution in [0.25, 0.3) is 0 Å². The number of hydrogen-bond acceptors (Lipinski definition) is 6. The Hall–Kier alpha value is -3.00. The summed E-state index contributed by atoms with van der Waals surface area (Å²) in [7, 11) is 0. The van der Waals surface area contributed by atoms with Crippen LogP contribution >= 0.6 is 11.3 Å². The van der Waals surface area contributed by atoms with E-state index in [2.05, 4.69) is 5.43 Å². The molecule has 27 heavy (non-hydrogen) atoms. The van der Waals surface area contributed by atoms with Gasteiger partial charge in [-0.1, -0.05) is 23.8 Å². The van der Waals surface area contributed by atoms with Gasteiger partial charge >= 0.3 is 5.97 Å². The van der Waals surface area contributed by atoms with E-state index >= 15 is 0 Å². The van der Waals surface area contributed by atoms with Crippen molar-refractivity contribution in [3.05, 3.63) is 57.8 Å². The van der Waals surface area contributed by atoms with Crippen molar-refractivity contribution < 1.29 is 23.9 Å². The van der Waals surface area contributed by atoms with Crippen LogP contribution < -0.4 is 5.43 Å². The minimum atomic E-state index is -0.716. The van der Waals surface area contributed by atoms with Crippen LogP contribution in [0, 0.1) is 12.8 Å². The summed E-state index contributed by atoms with van der Waals surface area (Å²) in [5.74, 6) is -2.42. The lowest BCUT2D eigenvalue weighted by Gasteiger charge is -2.17. The average Bonchev–Trinajstić information content (AvgIpc) is 3.30. The number of hydrogen-bond donors (Lipinski definition) is 1. The van der Waals surface area contributed by atoms with Gasteiger partial charge in [0.1, 0.15) is 0 Å². The quantitative estimate of drug-likeness (QED) is 0.605. The van der Waals surface area contributed by atoms with Crippen molar-refractivity contribution >= 4 is 34.9 Å². The van der Waals surface area contributed by atoms with Gasteiger partial charge in [-0.15, -0.1) is 11.3 Å². The number of ether oxygens (including phenoxy) is 1. The van der Waals surface area contributed by atoms with Crippen LogP contribution in [0.1, 0.15) is 32.0 Å². The highest BCUT2D eigenvalue weighted by Gasteiger charge is 2.36. The van der Waals surface area contributed by atoms with E-state index in [1.54, 1.807) is 41.8 Å². The van der Waals surface area contributed by atoms with Gasteiger partial charge in [0.25, 0.3) is 5.91 Å². The predicted octanol–water partition coefficient (Wildman–Crippen LogP) is 1.98. The first kappa shape index (κ1) is 18.8. The fourth-order valence-corrected chi connectivity index (χ4v) is 3.28. The Morgan fingerprint density at radius 1 is 1.22 bits per heavy atom. The fraction of sp³-hybridized carbons (Fsp3) is 0.263. The first-order valence-electron chi connectivity index (χ1n) is 8.35. The molecule has 0 unspecified atom stereocenters. The molecule has 7 nitrogen and oxygen atoms in total. The van der Waals surface area contributed by atoms with Crippen molar-refractivity contribution in [3.63, 3.8) is 0 Å². The Balaban J connectivity index is 1.52. The lowest BCUT2D eigenvalue weighted by atomic mass is 10.1. The van der Waals surface area contributed by atoms with Crippen molar-refractivity contribution in [1.29, 1.82) is 0 Å². The zero-order valence-electron chi connectivity index (χ0n) is 14.6. The number of thiophene rings is 1. The Morgan fingerprint density at radius 3 is 2.63 bits per heavy atom. The van der Waals surface area contributed by atoms with Crippen LogP contribution in [-0.2, 0) is 14.3 Å². The summed E-state index contributed by atoms with van der Waals surface area (Å²) < 4.78 is 5.04. The highest BCUT2D eigenvalue weighted by molar-refractivity contribution is 7.12. The number of esters is 1. The second kappa shape index (κ2) is 8.13. The highest BCUT2D eigenvalue weighted by atomic mass is 32.1. The van der Waals surface area contributed by atoms with Crippen LogP contribution in [0.2, 0.25) is 0 Å². The van der Waals surface area contributed by atoms with Gasteiger partial charge in [0.05, 0.1) is 17.3 Å². The minimum absolute atomic E-state index is 0.0163. The Morgan fingerprint density at radius 2 is 1.96 bits per heavy atom. The molecule has 2 aromatic rings. The van der Waals surface area contributed by atoms with Crippen LogP contribution in [-0.4, -0.2) is 41.7 Å². The molecule has 1 atom stereocenters. The van der Waals surface area contributed by atoms with Gasteiger partial charge in [0.15, 0.2) is 6.61 Å². The maximum absolute atomic E-state index is 12.2. The lowest BCUT2D eigenvalue weighted by molar-refractivity contribution is -0.147. The first-order chi connectivity index (χ1) is 12.9. The lowest BCUT2D eigenvalue weighted by Crippen LogP contribution is -2.43. The third-order valence-electron chi connectivity index (χ3n) is 4.15. The molecule has 1 saturated heterocycles. The highest BCUT2D eigenvalue weighted by Crippen LogP contribution is 2.18. The molecule has 0 aliphatic carbocycles. The second-order valence-electron chi connectivity index (χ2n) is 6.22. The van der Waals surface area contributed by atoms with E-state index in [1.807, 2.05) is 6.92 Å². The van der Waals surface area contributed by atoms with Crippen molar-refractivity contribution in [2.45, 2.75) is 13.3 Å². The van der Waals surface area contributed by atoms with Gasteiger partial charge in [0.2, 0.25) is 11.7 Å². The normalized spacial score (nSPS) is 16.3. The molecule has 0 saturated carbocycles. The molecule has 3 rings (SSSR count). The van der Waals surface area contributed by atoms with Crippen LogP contribution in [0.3, 0.4) is 0 Å². The third kappa shape index (κ3) is 4.59. The summed E-state index contributed by atoms with van der Waals surface area (Å²) in [5, 5.41) is 2.88. The first-order valence-corrected chi connectivity index (χ1v) is 9.23. The van der Waals surface area contributed by atoms with Gasteiger partial charge in [-0.2, -0.15) is 0 Å². The summed E-state index contributed by atoms with van der Waals surface area (Å²) in [5.41, 5.74) is 3.94. The fourth-order valence-electron chi connectivity index (χ4n) is 2.63. The molecule has 0 spiro atoms. The van der Waals surface area contributed by atoms with E-state index in [4.69, 9.17) is 4.74 Å². The zero-order valence-corrected chi connectivity index (χ0v) is 15.5. The molecule has 0 bridgehead atoms. The predicted molar refractivity (Wildman–Crippen MR) is 98.1 cm³/mol. The van der Waals surface area contributed by atoms with Crippen molar-refractivity contribution in [1.82, 2.24) is 10.4 Å². The number of carbonyl (C=O) groups excluding carboxylic acids is 4. The molecule has 0 radical (unpaired) electrons. The van der Waals surface area contributed by atoms with Crippen molar-refractivity contribution in [3.8, 4) is 0 Å². The second-order valence-corrected chi connectivity index (χ2v) is 7.17. The molecule has 1 aromatic heterocycles. The molecule has 1 aliphatic rings. The summed E-state index contributed by atoms with van der Waals surface area (Å²) in [6, 6.07) is 10.3. The number of Topliss-reactive ketones (excluding diaryl/α,β-unsaturated/α-hetero) is 1. The Kier molecular flexibility index (Phi) is 5.66. The summed E-state index contributed by atoms with van der Waals surface area (Å²) in [4.78, 5) is 48.8. The minimum Gasteiger partial charge on any atom is -0.457 e. The van der Waals surface area contributed by atoms with E-state index in [-0.39, 0.29) is 31.3 Å². The van der Waals surface area contributed by atoms with E-state index < -0.39 is 17.8 Å². The SMILES string of the molecule is Cc1ccc(C(=O)NN2C[C@@H](C(=O)OCC(=O)c3cccs3)CC2=O)cc1.